The van der Waals surface area contributed by atoms with E-state index in [0.717, 1.165) is 27.2 Å². The van der Waals surface area contributed by atoms with Crippen molar-refractivity contribution in [3.8, 4) is 0 Å². The van der Waals surface area contributed by atoms with Crippen molar-refractivity contribution in [1.29, 1.82) is 0 Å². The fraction of sp³-hybridized carbons (Fsp3) is 0.231. The maximum absolute atomic E-state index is 6.21. The van der Waals surface area contributed by atoms with Gasteiger partial charge in [0.1, 0.15) is 5.82 Å². The topological polar surface area (TPSA) is 49.8 Å². The van der Waals surface area contributed by atoms with E-state index in [9.17, 15) is 0 Å². The fourth-order valence-corrected chi connectivity index (χ4v) is 2.43. The zero-order valence-corrected chi connectivity index (χ0v) is 13.6. The van der Waals surface area contributed by atoms with Crippen molar-refractivity contribution in [2.24, 2.45) is 0 Å². The van der Waals surface area contributed by atoms with Gasteiger partial charge in [-0.2, -0.15) is 4.98 Å². The molecule has 1 aromatic heterocycles. The van der Waals surface area contributed by atoms with Crippen LogP contribution in [0.1, 0.15) is 12.5 Å². The molecule has 4 nitrogen and oxygen atoms in total. The summed E-state index contributed by atoms with van der Waals surface area (Å²) in [6.45, 7) is 4.75. The molecule has 0 aliphatic rings. The second-order valence-electron chi connectivity index (χ2n) is 4.00. The molecule has 1 aromatic carbocycles. The Morgan fingerprint density at radius 2 is 2.16 bits per heavy atom. The highest BCUT2D eigenvalue weighted by atomic mass is 127. The molecule has 0 saturated carbocycles. The molecule has 0 amide bonds. The molecule has 0 spiro atoms. The number of rotatable bonds is 4. The number of anilines is 3. The lowest BCUT2D eigenvalue weighted by atomic mass is 10.3. The van der Waals surface area contributed by atoms with Crippen LogP contribution in [-0.2, 0) is 0 Å². The van der Waals surface area contributed by atoms with Crippen molar-refractivity contribution in [1.82, 2.24) is 9.97 Å². The van der Waals surface area contributed by atoms with E-state index in [-0.39, 0.29) is 0 Å². The van der Waals surface area contributed by atoms with Crippen LogP contribution in [0.4, 0.5) is 17.5 Å². The molecular formula is C13H14ClIN4. The first-order valence-electron chi connectivity index (χ1n) is 5.89. The fourth-order valence-electron chi connectivity index (χ4n) is 1.53. The molecule has 0 fully saturated rings. The zero-order chi connectivity index (χ0) is 13.8. The number of hydrogen-bond donors (Lipinski definition) is 2. The summed E-state index contributed by atoms with van der Waals surface area (Å²) in [5.74, 6) is 1.37. The standard InChI is InChI=1S/C13H14ClIN4/c1-3-16-13-17-7-8(2)12(19-13)18-11-5-4-9(15)6-10(11)14/h4-7H,3H2,1-2H3,(H2,16,17,18,19). The molecule has 2 rings (SSSR count). The van der Waals surface area contributed by atoms with Gasteiger partial charge in [-0.15, -0.1) is 0 Å². The molecule has 0 aliphatic heterocycles. The van der Waals surface area contributed by atoms with Crippen LogP contribution < -0.4 is 10.6 Å². The van der Waals surface area contributed by atoms with Crippen LogP contribution in [0, 0.1) is 10.5 Å². The smallest absolute Gasteiger partial charge is 0.224 e. The van der Waals surface area contributed by atoms with Crippen molar-refractivity contribution in [2.75, 3.05) is 17.2 Å². The molecule has 0 bridgehead atoms. The van der Waals surface area contributed by atoms with Gasteiger partial charge in [0.25, 0.3) is 0 Å². The molecule has 1 heterocycles. The Hall–Kier alpha value is -1.08. The SMILES string of the molecule is CCNc1ncc(C)c(Nc2ccc(I)cc2Cl)n1. The van der Waals surface area contributed by atoms with Crippen molar-refractivity contribution in [3.05, 3.63) is 38.6 Å². The molecule has 2 aromatic rings. The van der Waals surface area contributed by atoms with Gasteiger partial charge in [0.05, 0.1) is 10.7 Å². The first-order valence-corrected chi connectivity index (χ1v) is 7.35. The maximum Gasteiger partial charge on any atom is 0.224 e. The number of aryl methyl sites for hydroxylation is 1. The van der Waals surface area contributed by atoms with Crippen LogP contribution >= 0.6 is 34.2 Å². The average molecular weight is 389 g/mol. The number of hydrogen-bond acceptors (Lipinski definition) is 4. The molecule has 2 N–H and O–H groups in total. The van der Waals surface area contributed by atoms with Gasteiger partial charge in [-0.25, -0.2) is 4.98 Å². The highest BCUT2D eigenvalue weighted by Crippen LogP contribution is 2.27. The largest absolute Gasteiger partial charge is 0.354 e. The molecule has 19 heavy (non-hydrogen) atoms. The van der Waals surface area contributed by atoms with Crippen LogP contribution in [0.15, 0.2) is 24.4 Å². The van der Waals surface area contributed by atoms with Crippen LogP contribution in [0.25, 0.3) is 0 Å². The molecule has 0 radical (unpaired) electrons. The summed E-state index contributed by atoms with van der Waals surface area (Å²) in [5, 5.41) is 7.00. The van der Waals surface area contributed by atoms with E-state index < -0.39 is 0 Å². The van der Waals surface area contributed by atoms with E-state index in [1.54, 1.807) is 6.20 Å². The third kappa shape index (κ3) is 3.70. The lowest BCUT2D eigenvalue weighted by molar-refractivity contribution is 1.07. The molecule has 0 aliphatic carbocycles. The predicted octanol–water partition coefficient (Wildman–Crippen LogP) is 4.22. The second-order valence-corrected chi connectivity index (χ2v) is 5.66. The van der Waals surface area contributed by atoms with Gasteiger partial charge in [0.15, 0.2) is 0 Å². The van der Waals surface area contributed by atoms with Crippen LogP contribution in [0.5, 0.6) is 0 Å². The third-order valence-electron chi connectivity index (χ3n) is 2.49. The van der Waals surface area contributed by atoms with E-state index in [1.165, 1.54) is 0 Å². The summed E-state index contributed by atoms with van der Waals surface area (Å²) >= 11 is 8.43. The van der Waals surface area contributed by atoms with Crippen LogP contribution in [0.2, 0.25) is 5.02 Å². The van der Waals surface area contributed by atoms with Gasteiger partial charge in [-0.1, -0.05) is 11.6 Å². The summed E-state index contributed by atoms with van der Waals surface area (Å²) in [6, 6.07) is 5.85. The first kappa shape index (κ1) is 14.3. The molecule has 0 atom stereocenters. The summed E-state index contributed by atoms with van der Waals surface area (Å²) in [6.07, 6.45) is 1.79. The van der Waals surface area contributed by atoms with Gasteiger partial charge >= 0.3 is 0 Å². The highest BCUT2D eigenvalue weighted by Gasteiger charge is 2.06. The van der Waals surface area contributed by atoms with E-state index in [1.807, 2.05) is 32.0 Å². The Kier molecular flexibility index (Phi) is 4.81. The molecule has 6 heteroatoms. The van der Waals surface area contributed by atoms with E-state index in [0.29, 0.717) is 11.0 Å². The van der Waals surface area contributed by atoms with E-state index in [4.69, 9.17) is 11.6 Å². The lowest BCUT2D eigenvalue weighted by Crippen LogP contribution is -2.05. The Morgan fingerprint density at radius 1 is 1.37 bits per heavy atom. The minimum Gasteiger partial charge on any atom is -0.354 e. The average Bonchev–Trinajstić information content (AvgIpc) is 2.37. The Balaban J connectivity index is 2.29. The van der Waals surface area contributed by atoms with Gasteiger partial charge in [0.2, 0.25) is 5.95 Å². The van der Waals surface area contributed by atoms with Gasteiger partial charge in [-0.05, 0) is 54.6 Å². The van der Waals surface area contributed by atoms with Crippen molar-refractivity contribution in [2.45, 2.75) is 13.8 Å². The van der Waals surface area contributed by atoms with E-state index >= 15 is 0 Å². The zero-order valence-electron chi connectivity index (χ0n) is 10.7. The molecule has 0 saturated heterocycles. The van der Waals surface area contributed by atoms with Gasteiger partial charge in [-0.3, -0.25) is 0 Å². The monoisotopic (exact) mass is 388 g/mol. The van der Waals surface area contributed by atoms with Gasteiger partial charge in [0, 0.05) is 21.9 Å². The number of halogens is 2. The lowest BCUT2D eigenvalue weighted by Gasteiger charge is -2.11. The molecule has 100 valence electrons. The predicted molar refractivity (Wildman–Crippen MR) is 88.4 cm³/mol. The number of nitrogens with one attached hydrogen (secondary N) is 2. The van der Waals surface area contributed by atoms with Gasteiger partial charge < -0.3 is 10.6 Å². The maximum atomic E-state index is 6.21. The van der Waals surface area contributed by atoms with Crippen molar-refractivity contribution < 1.29 is 0 Å². The summed E-state index contributed by atoms with van der Waals surface area (Å²) in [4.78, 5) is 8.64. The summed E-state index contributed by atoms with van der Waals surface area (Å²) in [7, 11) is 0. The number of benzene rings is 1. The normalized spacial score (nSPS) is 10.3. The minimum atomic E-state index is 0.609. The minimum absolute atomic E-state index is 0.609. The van der Waals surface area contributed by atoms with Crippen molar-refractivity contribution in [3.63, 3.8) is 0 Å². The molecule has 0 unspecified atom stereocenters. The Bertz CT molecular complexity index is 589. The summed E-state index contributed by atoms with van der Waals surface area (Å²) in [5.41, 5.74) is 1.81. The van der Waals surface area contributed by atoms with Crippen molar-refractivity contribution >= 4 is 51.6 Å². The molecular weight excluding hydrogens is 375 g/mol. The number of nitrogens with zero attached hydrogens (tertiary/aromatic N) is 2. The highest BCUT2D eigenvalue weighted by molar-refractivity contribution is 14.1. The second kappa shape index (κ2) is 6.38. The number of aromatic nitrogens is 2. The Morgan fingerprint density at radius 3 is 2.84 bits per heavy atom. The van der Waals surface area contributed by atoms with Crippen LogP contribution in [-0.4, -0.2) is 16.5 Å². The quantitative estimate of drug-likeness (QED) is 0.770. The summed E-state index contributed by atoms with van der Waals surface area (Å²) < 4.78 is 1.10. The van der Waals surface area contributed by atoms with E-state index in [2.05, 4.69) is 43.2 Å². The van der Waals surface area contributed by atoms with Crippen LogP contribution in [0.3, 0.4) is 0 Å². The first-order chi connectivity index (χ1) is 9.10. The Labute approximate surface area is 131 Å². The third-order valence-corrected chi connectivity index (χ3v) is 3.47.